The van der Waals surface area contributed by atoms with Gasteiger partial charge in [0, 0.05) is 18.9 Å². The van der Waals surface area contributed by atoms with Gasteiger partial charge in [-0.05, 0) is 33.1 Å². The van der Waals surface area contributed by atoms with Crippen molar-refractivity contribution in [2.24, 2.45) is 11.8 Å². The van der Waals surface area contributed by atoms with Crippen molar-refractivity contribution in [1.82, 2.24) is 0 Å². The van der Waals surface area contributed by atoms with Crippen molar-refractivity contribution >= 4 is 5.97 Å². The molecule has 0 saturated heterocycles. The van der Waals surface area contributed by atoms with E-state index in [1.165, 1.54) is 0 Å². The van der Waals surface area contributed by atoms with E-state index in [4.69, 9.17) is 9.47 Å². The van der Waals surface area contributed by atoms with Gasteiger partial charge in [-0.3, -0.25) is 4.79 Å². The van der Waals surface area contributed by atoms with Crippen molar-refractivity contribution in [1.29, 1.82) is 0 Å². The van der Waals surface area contributed by atoms with Crippen LogP contribution in [0.25, 0.3) is 0 Å². The minimum absolute atomic E-state index is 0.105. The highest BCUT2D eigenvalue weighted by Gasteiger charge is 2.30. The summed E-state index contributed by atoms with van der Waals surface area (Å²) in [4.78, 5) is 11.7. The third kappa shape index (κ3) is 7.37. The van der Waals surface area contributed by atoms with Gasteiger partial charge in [-0.2, -0.15) is 0 Å². The van der Waals surface area contributed by atoms with Crippen LogP contribution in [0, 0.1) is 11.8 Å². The van der Waals surface area contributed by atoms with E-state index in [9.17, 15) is 4.79 Å². The van der Waals surface area contributed by atoms with E-state index in [0.29, 0.717) is 25.6 Å². The van der Waals surface area contributed by atoms with Gasteiger partial charge in [-0.1, -0.05) is 20.8 Å². The Morgan fingerprint density at radius 1 is 1.24 bits per heavy atom. The number of esters is 1. The lowest BCUT2D eigenvalue weighted by Crippen LogP contribution is -2.37. The fraction of sp³-hybridized carbons (Fsp3) is 0.929. The van der Waals surface area contributed by atoms with Crippen LogP contribution in [-0.4, -0.2) is 24.8 Å². The number of ether oxygens (including phenoxy) is 2. The maximum atomic E-state index is 11.7. The molecule has 0 aliphatic heterocycles. The second-order valence-electron chi connectivity index (χ2n) is 5.57. The Morgan fingerprint density at radius 3 is 2.29 bits per heavy atom. The largest absolute Gasteiger partial charge is 0.459 e. The second kappa shape index (κ2) is 7.70. The normalized spacial score (nSPS) is 13.8. The molecule has 0 N–H and O–H groups in total. The van der Waals surface area contributed by atoms with Crippen LogP contribution in [0.5, 0.6) is 0 Å². The maximum absolute atomic E-state index is 11.7. The molecule has 0 amide bonds. The molecular weight excluding hydrogens is 216 g/mol. The summed E-state index contributed by atoms with van der Waals surface area (Å²) in [5, 5.41) is 0. The van der Waals surface area contributed by atoms with E-state index in [0.717, 1.165) is 6.42 Å². The average molecular weight is 244 g/mol. The van der Waals surface area contributed by atoms with E-state index in [-0.39, 0.29) is 11.9 Å². The Bertz CT molecular complexity index is 222. The van der Waals surface area contributed by atoms with Crippen molar-refractivity contribution in [2.45, 2.75) is 60.0 Å². The minimum Gasteiger partial charge on any atom is -0.459 e. The Hall–Kier alpha value is -0.570. The second-order valence-corrected chi connectivity index (χ2v) is 5.57. The Kier molecular flexibility index (Phi) is 7.44. The van der Waals surface area contributed by atoms with Crippen LogP contribution >= 0.6 is 0 Å². The fourth-order valence-corrected chi connectivity index (χ4v) is 1.35. The zero-order valence-electron chi connectivity index (χ0n) is 12.2. The summed E-state index contributed by atoms with van der Waals surface area (Å²) >= 11 is 0. The molecule has 0 saturated carbocycles. The molecule has 0 aliphatic rings. The molecule has 1 atom stereocenters. The molecular formula is C14H28O3. The first-order chi connectivity index (χ1) is 7.79. The van der Waals surface area contributed by atoms with Gasteiger partial charge in [0.25, 0.3) is 0 Å². The molecule has 17 heavy (non-hydrogen) atoms. The van der Waals surface area contributed by atoms with Crippen LogP contribution in [0.15, 0.2) is 0 Å². The summed E-state index contributed by atoms with van der Waals surface area (Å²) in [7, 11) is 0. The van der Waals surface area contributed by atoms with Gasteiger partial charge in [0.05, 0.1) is 6.61 Å². The minimum atomic E-state index is -0.455. The lowest BCUT2D eigenvalue weighted by Gasteiger charge is -2.31. The number of carbonyl (C=O) groups excluding carboxylic acids is 1. The van der Waals surface area contributed by atoms with Gasteiger partial charge in [0.15, 0.2) is 0 Å². The van der Waals surface area contributed by atoms with E-state index in [2.05, 4.69) is 13.8 Å². The van der Waals surface area contributed by atoms with Crippen LogP contribution in [0.1, 0.15) is 54.4 Å². The molecule has 3 heteroatoms. The monoisotopic (exact) mass is 244 g/mol. The topological polar surface area (TPSA) is 35.5 Å². The lowest BCUT2D eigenvalue weighted by molar-refractivity contribution is -0.163. The van der Waals surface area contributed by atoms with Crippen molar-refractivity contribution in [3.63, 3.8) is 0 Å². The molecule has 0 aromatic carbocycles. The summed E-state index contributed by atoms with van der Waals surface area (Å²) in [5.74, 6) is 0.629. The van der Waals surface area contributed by atoms with Crippen LogP contribution < -0.4 is 0 Å². The van der Waals surface area contributed by atoms with Gasteiger partial charge < -0.3 is 9.47 Å². The third-order valence-corrected chi connectivity index (χ3v) is 3.06. The van der Waals surface area contributed by atoms with Crippen LogP contribution in [0.4, 0.5) is 0 Å². The van der Waals surface area contributed by atoms with Crippen molar-refractivity contribution < 1.29 is 14.3 Å². The van der Waals surface area contributed by atoms with Gasteiger partial charge in [-0.15, -0.1) is 0 Å². The Labute approximate surface area is 106 Å². The molecule has 0 radical (unpaired) electrons. The van der Waals surface area contributed by atoms with E-state index in [1.807, 2.05) is 27.7 Å². The Morgan fingerprint density at radius 2 is 1.82 bits per heavy atom. The SMILES string of the molecule is CCOCC(C)C(C)(C)OC(=O)CCC(C)C. The molecule has 0 fully saturated rings. The van der Waals surface area contributed by atoms with Crippen LogP contribution in [-0.2, 0) is 14.3 Å². The average Bonchev–Trinajstić information content (AvgIpc) is 2.22. The molecule has 0 spiro atoms. The molecule has 0 aromatic heterocycles. The van der Waals surface area contributed by atoms with E-state index in [1.54, 1.807) is 0 Å². The summed E-state index contributed by atoms with van der Waals surface area (Å²) in [5.41, 5.74) is -0.455. The van der Waals surface area contributed by atoms with Crippen molar-refractivity contribution in [3.05, 3.63) is 0 Å². The molecule has 1 unspecified atom stereocenters. The summed E-state index contributed by atoms with van der Waals surface area (Å²) in [6, 6.07) is 0. The van der Waals surface area contributed by atoms with Crippen molar-refractivity contribution in [2.75, 3.05) is 13.2 Å². The smallest absolute Gasteiger partial charge is 0.306 e. The molecule has 0 heterocycles. The predicted molar refractivity (Wildman–Crippen MR) is 69.9 cm³/mol. The fourth-order valence-electron chi connectivity index (χ4n) is 1.35. The first-order valence-corrected chi connectivity index (χ1v) is 6.59. The number of rotatable bonds is 8. The van der Waals surface area contributed by atoms with Gasteiger partial charge in [0.1, 0.15) is 5.60 Å². The quantitative estimate of drug-likeness (QED) is 0.614. The highest BCUT2D eigenvalue weighted by Crippen LogP contribution is 2.22. The molecule has 0 aliphatic carbocycles. The summed E-state index contributed by atoms with van der Waals surface area (Å²) in [6.45, 7) is 13.4. The lowest BCUT2D eigenvalue weighted by atomic mass is 9.93. The molecule has 0 bridgehead atoms. The maximum Gasteiger partial charge on any atom is 0.306 e. The first kappa shape index (κ1) is 16.4. The third-order valence-electron chi connectivity index (χ3n) is 3.06. The Balaban J connectivity index is 4.09. The predicted octanol–water partition coefficient (Wildman–Crippen LogP) is 3.42. The van der Waals surface area contributed by atoms with Gasteiger partial charge >= 0.3 is 5.97 Å². The van der Waals surface area contributed by atoms with E-state index < -0.39 is 5.60 Å². The zero-order valence-corrected chi connectivity index (χ0v) is 12.2. The number of carbonyl (C=O) groups is 1. The standard InChI is InChI=1S/C14H28O3/c1-7-16-10-12(4)14(5,6)17-13(15)9-8-11(2)3/h11-12H,7-10H2,1-6H3. The molecule has 102 valence electrons. The number of hydrogen-bond donors (Lipinski definition) is 0. The zero-order chi connectivity index (χ0) is 13.5. The highest BCUT2D eigenvalue weighted by atomic mass is 16.6. The van der Waals surface area contributed by atoms with Gasteiger partial charge in [0.2, 0.25) is 0 Å². The summed E-state index contributed by atoms with van der Waals surface area (Å²) < 4.78 is 10.9. The van der Waals surface area contributed by atoms with Crippen LogP contribution in [0.3, 0.4) is 0 Å². The number of hydrogen-bond acceptors (Lipinski definition) is 3. The van der Waals surface area contributed by atoms with Gasteiger partial charge in [-0.25, -0.2) is 0 Å². The highest BCUT2D eigenvalue weighted by molar-refractivity contribution is 5.69. The van der Waals surface area contributed by atoms with Crippen LogP contribution in [0.2, 0.25) is 0 Å². The molecule has 0 rings (SSSR count). The van der Waals surface area contributed by atoms with E-state index >= 15 is 0 Å². The van der Waals surface area contributed by atoms with Crippen molar-refractivity contribution in [3.8, 4) is 0 Å². The first-order valence-electron chi connectivity index (χ1n) is 6.59. The summed E-state index contributed by atoms with van der Waals surface area (Å²) in [6.07, 6.45) is 1.39. The molecule has 0 aromatic rings. The molecule has 3 nitrogen and oxygen atoms in total.